The summed E-state index contributed by atoms with van der Waals surface area (Å²) in [4.78, 5) is 7.07. The number of para-hydroxylation sites is 2. The van der Waals surface area contributed by atoms with E-state index >= 15 is 0 Å². The van der Waals surface area contributed by atoms with Crippen LogP contribution in [0.4, 0.5) is 11.4 Å². The zero-order valence-corrected chi connectivity index (χ0v) is 13.5. The zero-order chi connectivity index (χ0) is 15.8. The fourth-order valence-corrected chi connectivity index (χ4v) is 3.53. The number of hydrogen-bond donors (Lipinski definition) is 0. The Morgan fingerprint density at radius 2 is 1.96 bits per heavy atom. The average Bonchev–Trinajstić information content (AvgIpc) is 2.60. The van der Waals surface area contributed by atoms with Crippen molar-refractivity contribution in [1.29, 1.82) is 0 Å². The Labute approximate surface area is 136 Å². The molecule has 3 nitrogen and oxygen atoms in total. The topological polar surface area (TPSA) is 25.4 Å². The van der Waals surface area contributed by atoms with Gasteiger partial charge in [-0.05, 0) is 43.5 Å². The second-order valence-corrected chi connectivity index (χ2v) is 6.02. The third kappa shape index (κ3) is 2.33. The summed E-state index contributed by atoms with van der Waals surface area (Å²) >= 11 is 0. The number of nitrogens with zero attached hydrogens (tertiary/aromatic N) is 2. The Hall–Kier alpha value is -2.55. The Kier molecular flexibility index (Phi) is 3.41. The van der Waals surface area contributed by atoms with Gasteiger partial charge in [0, 0.05) is 17.6 Å². The molecule has 2 heterocycles. The van der Waals surface area contributed by atoms with Gasteiger partial charge in [0.05, 0.1) is 24.0 Å². The maximum atomic E-state index is 5.65. The molecule has 4 rings (SSSR count). The van der Waals surface area contributed by atoms with Crippen LogP contribution in [-0.2, 0) is 6.42 Å². The molecule has 0 aliphatic carbocycles. The van der Waals surface area contributed by atoms with Crippen LogP contribution in [0.2, 0.25) is 0 Å². The quantitative estimate of drug-likeness (QED) is 0.690. The lowest BCUT2D eigenvalue weighted by atomic mass is 9.99. The lowest BCUT2D eigenvalue weighted by Gasteiger charge is -2.33. The molecule has 0 amide bonds. The maximum absolute atomic E-state index is 5.65. The van der Waals surface area contributed by atoms with E-state index in [9.17, 15) is 0 Å². The third-order valence-electron chi connectivity index (χ3n) is 4.51. The summed E-state index contributed by atoms with van der Waals surface area (Å²) < 4.78 is 5.65. The largest absolute Gasteiger partial charge is 0.495 e. The highest BCUT2D eigenvalue weighted by atomic mass is 16.5. The average molecular weight is 304 g/mol. The minimum absolute atomic E-state index is 0.945. The predicted octanol–water partition coefficient (Wildman–Crippen LogP) is 4.64. The number of pyridine rings is 1. The molecule has 0 radical (unpaired) electrons. The molecular weight excluding hydrogens is 284 g/mol. The highest BCUT2D eigenvalue weighted by Gasteiger charge is 2.23. The monoisotopic (exact) mass is 304 g/mol. The molecule has 1 aliphatic rings. The molecule has 2 aromatic carbocycles. The summed E-state index contributed by atoms with van der Waals surface area (Å²) in [5.41, 5.74) is 5.87. The molecule has 0 atom stereocenters. The van der Waals surface area contributed by atoms with Gasteiger partial charge in [-0.25, -0.2) is 0 Å². The number of aryl methyl sites for hydroxylation is 2. The molecule has 23 heavy (non-hydrogen) atoms. The number of benzene rings is 2. The fourth-order valence-electron chi connectivity index (χ4n) is 3.53. The minimum atomic E-state index is 0.945. The molecule has 0 spiro atoms. The lowest BCUT2D eigenvalue weighted by molar-refractivity contribution is 0.414. The highest BCUT2D eigenvalue weighted by Crippen LogP contribution is 2.42. The van der Waals surface area contributed by atoms with Crippen molar-refractivity contribution < 1.29 is 4.74 Å². The molecule has 0 fully saturated rings. The smallest absolute Gasteiger partial charge is 0.142 e. The first-order valence-corrected chi connectivity index (χ1v) is 8.08. The molecule has 3 aromatic rings. The third-order valence-corrected chi connectivity index (χ3v) is 4.51. The summed E-state index contributed by atoms with van der Waals surface area (Å²) in [5.74, 6) is 0.945. The number of ether oxygens (including phenoxy) is 1. The lowest BCUT2D eigenvalue weighted by Crippen LogP contribution is -2.25. The Balaban J connectivity index is 1.97. The van der Waals surface area contributed by atoms with Crippen LogP contribution in [-0.4, -0.2) is 18.6 Å². The Morgan fingerprint density at radius 3 is 2.83 bits per heavy atom. The summed E-state index contributed by atoms with van der Waals surface area (Å²) in [6.07, 6.45) is 2.25. The molecule has 116 valence electrons. The zero-order valence-electron chi connectivity index (χ0n) is 13.5. The van der Waals surface area contributed by atoms with Gasteiger partial charge in [-0.2, -0.15) is 0 Å². The first-order valence-electron chi connectivity index (χ1n) is 8.08. The molecule has 1 aromatic heterocycles. The van der Waals surface area contributed by atoms with Crippen LogP contribution in [0.1, 0.15) is 17.7 Å². The van der Waals surface area contributed by atoms with Gasteiger partial charge in [-0.3, -0.25) is 4.98 Å². The molecule has 0 saturated carbocycles. The van der Waals surface area contributed by atoms with Crippen molar-refractivity contribution in [3.63, 3.8) is 0 Å². The molecule has 0 bridgehead atoms. The predicted molar refractivity (Wildman–Crippen MR) is 94.8 cm³/mol. The van der Waals surface area contributed by atoms with Gasteiger partial charge < -0.3 is 9.64 Å². The summed E-state index contributed by atoms with van der Waals surface area (Å²) in [7, 11) is 1.75. The van der Waals surface area contributed by atoms with Gasteiger partial charge in [0.15, 0.2) is 0 Å². The first kappa shape index (κ1) is 14.1. The molecule has 0 unspecified atom stereocenters. The van der Waals surface area contributed by atoms with Crippen molar-refractivity contribution in [2.75, 3.05) is 18.6 Å². The molecule has 0 saturated heterocycles. The van der Waals surface area contributed by atoms with E-state index in [1.165, 1.54) is 22.3 Å². The van der Waals surface area contributed by atoms with Crippen LogP contribution in [0.3, 0.4) is 0 Å². The van der Waals surface area contributed by atoms with Gasteiger partial charge in [0.2, 0.25) is 0 Å². The molecule has 1 aliphatic heterocycles. The van der Waals surface area contributed by atoms with Crippen molar-refractivity contribution in [2.45, 2.75) is 19.8 Å². The van der Waals surface area contributed by atoms with E-state index in [1.807, 2.05) is 12.1 Å². The SMILES string of the molecule is COc1cccc2c1N(c1cc(C)nc3ccccc13)CCC2. The standard InChI is InChI=1S/C20H20N2O/c1-14-13-18(16-9-3-4-10-17(16)21-14)22-12-6-8-15-7-5-11-19(23-2)20(15)22/h3-5,7,9-11,13H,6,8,12H2,1-2H3. The Bertz CT molecular complexity index is 858. The van der Waals surface area contributed by atoms with Crippen LogP contribution in [0.25, 0.3) is 10.9 Å². The number of aromatic nitrogens is 1. The highest BCUT2D eigenvalue weighted by molar-refractivity contribution is 5.95. The van der Waals surface area contributed by atoms with Crippen molar-refractivity contribution in [1.82, 2.24) is 4.98 Å². The summed E-state index contributed by atoms with van der Waals surface area (Å²) in [5, 5.41) is 1.19. The minimum Gasteiger partial charge on any atom is -0.495 e. The number of fused-ring (bicyclic) bond motifs is 2. The van der Waals surface area contributed by atoms with Crippen LogP contribution in [0, 0.1) is 6.92 Å². The second kappa shape index (κ2) is 5.58. The van der Waals surface area contributed by atoms with E-state index < -0.39 is 0 Å². The van der Waals surface area contributed by atoms with Gasteiger partial charge in [0.25, 0.3) is 0 Å². The second-order valence-electron chi connectivity index (χ2n) is 6.02. The molecule has 3 heteroatoms. The van der Waals surface area contributed by atoms with Gasteiger partial charge in [0.1, 0.15) is 5.75 Å². The van der Waals surface area contributed by atoms with Crippen LogP contribution < -0.4 is 9.64 Å². The molecular formula is C20H20N2O. The van der Waals surface area contributed by atoms with Crippen molar-refractivity contribution >= 4 is 22.3 Å². The number of anilines is 2. The summed E-state index contributed by atoms with van der Waals surface area (Å²) in [6, 6.07) is 16.9. The van der Waals surface area contributed by atoms with E-state index in [-0.39, 0.29) is 0 Å². The fraction of sp³-hybridized carbons (Fsp3) is 0.250. The van der Waals surface area contributed by atoms with Gasteiger partial charge in [-0.15, -0.1) is 0 Å². The van der Waals surface area contributed by atoms with Crippen LogP contribution >= 0.6 is 0 Å². The molecule has 0 N–H and O–H groups in total. The summed E-state index contributed by atoms with van der Waals surface area (Å²) in [6.45, 7) is 3.06. The van der Waals surface area contributed by atoms with E-state index in [0.717, 1.165) is 36.3 Å². The first-order chi connectivity index (χ1) is 11.3. The van der Waals surface area contributed by atoms with Crippen molar-refractivity contribution in [3.8, 4) is 5.75 Å². The Morgan fingerprint density at radius 1 is 1.09 bits per heavy atom. The van der Waals surface area contributed by atoms with E-state index in [2.05, 4.69) is 53.2 Å². The van der Waals surface area contributed by atoms with Crippen molar-refractivity contribution in [3.05, 3.63) is 59.8 Å². The number of rotatable bonds is 2. The van der Waals surface area contributed by atoms with Crippen molar-refractivity contribution in [2.24, 2.45) is 0 Å². The number of methoxy groups -OCH3 is 1. The van der Waals surface area contributed by atoms with E-state index in [1.54, 1.807) is 7.11 Å². The van der Waals surface area contributed by atoms with Gasteiger partial charge in [-0.1, -0.05) is 30.3 Å². The van der Waals surface area contributed by atoms with Crippen LogP contribution in [0.15, 0.2) is 48.5 Å². The van der Waals surface area contributed by atoms with Gasteiger partial charge >= 0.3 is 0 Å². The van der Waals surface area contributed by atoms with E-state index in [0.29, 0.717) is 0 Å². The maximum Gasteiger partial charge on any atom is 0.142 e. The van der Waals surface area contributed by atoms with E-state index in [4.69, 9.17) is 4.74 Å². The normalized spacial score (nSPS) is 13.9. The van der Waals surface area contributed by atoms with Crippen LogP contribution in [0.5, 0.6) is 5.75 Å². The number of hydrogen-bond acceptors (Lipinski definition) is 3.